The summed E-state index contributed by atoms with van der Waals surface area (Å²) in [7, 11) is 0. The molecule has 1 atom stereocenters. The second-order valence-electron chi connectivity index (χ2n) is 14.6. The third kappa shape index (κ3) is 10.1. The van der Waals surface area contributed by atoms with Gasteiger partial charge in [-0.25, -0.2) is 4.79 Å². The van der Waals surface area contributed by atoms with E-state index >= 15 is 0 Å². The Hall–Kier alpha value is -3.20. The number of hydrogen-bond donors (Lipinski definition) is 0. The van der Waals surface area contributed by atoms with Gasteiger partial charge in [0, 0.05) is 5.56 Å². The monoisotopic (exact) mass is 634 g/mol. The van der Waals surface area contributed by atoms with Crippen LogP contribution in [0.2, 0.25) is 0 Å². The van der Waals surface area contributed by atoms with Gasteiger partial charge < -0.3 is 4.74 Å². The minimum Gasteiger partial charge on any atom is -0.461 e. The van der Waals surface area contributed by atoms with E-state index in [1.54, 1.807) is 0 Å². The highest BCUT2D eigenvalue weighted by Gasteiger charge is 2.27. The molecule has 0 amide bonds. The fourth-order valence-electron chi connectivity index (χ4n) is 8.20. The highest BCUT2D eigenvalue weighted by atomic mass is 16.5. The van der Waals surface area contributed by atoms with Gasteiger partial charge in [-0.15, -0.1) is 0 Å². The largest absolute Gasteiger partial charge is 0.461 e. The lowest BCUT2D eigenvalue weighted by Gasteiger charge is -2.29. The standard InChI is InChI=1S/C44H58O3/c1-3-5-8-12-33-16-20-35(21-17-33)37-24-28-40(29-25-37)43(45)42(39-14-10-7-11-15-39)32-47-44(46)41-30-26-38(27-31-41)36-22-18-34(19-23-36)13-9-6-4-2/h7,10-11,14-15,24-31,33-36,42H,3-6,8-9,12-13,16-23,32H2,1-2H3. The predicted molar refractivity (Wildman–Crippen MR) is 194 cm³/mol. The first kappa shape index (κ1) is 35.1. The highest BCUT2D eigenvalue weighted by Crippen LogP contribution is 2.39. The van der Waals surface area contributed by atoms with Gasteiger partial charge in [0.1, 0.15) is 6.61 Å². The molecule has 5 rings (SSSR count). The van der Waals surface area contributed by atoms with Crippen LogP contribution in [0.5, 0.6) is 0 Å². The van der Waals surface area contributed by atoms with E-state index in [0.717, 1.165) is 17.4 Å². The first-order valence-corrected chi connectivity index (χ1v) is 19.0. The van der Waals surface area contributed by atoms with Crippen molar-refractivity contribution in [1.29, 1.82) is 0 Å². The number of unbranched alkanes of at least 4 members (excludes halogenated alkanes) is 4. The van der Waals surface area contributed by atoms with Crippen LogP contribution in [0.1, 0.15) is 172 Å². The van der Waals surface area contributed by atoms with Gasteiger partial charge in [0.25, 0.3) is 0 Å². The summed E-state index contributed by atoms with van der Waals surface area (Å²) < 4.78 is 5.84. The molecule has 2 fully saturated rings. The minimum absolute atomic E-state index is 0.00386. The Kier molecular flexibility index (Phi) is 13.7. The molecule has 2 saturated carbocycles. The molecule has 47 heavy (non-hydrogen) atoms. The van der Waals surface area contributed by atoms with Crippen molar-refractivity contribution < 1.29 is 14.3 Å². The Morgan fingerprint density at radius 3 is 1.53 bits per heavy atom. The smallest absolute Gasteiger partial charge is 0.338 e. The molecule has 0 aliphatic heterocycles. The van der Waals surface area contributed by atoms with Gasteiger partial charge in [0.2, 0.25) is 0 Å². The Bertz CT molecular complexity index is 1340. The average Bonchev–Trinajstić information content (AvgIpc) is 3.13. The molecular formula is C44H58O3. The molecule has 0 aromatic heterocycles. The lowest BCUT2D eigenvalue weighted by atomic mass is 9.77. The summed E-state index contributed by atoms with van der Waals surface area (Å²) >= 11 is 0. The quantitative estimate of drug-likeness (QED) is 0.0894. The zero-order valence-electron chi connectivity index (χ0n) is 29.1. The lowest BCUT2D eigenvalue weighted by molar-refractivity contribution is 0.0472. The highest BCUT2D eigenvalue weighted by molar-refractivity contribution is 6.01. The summed E-state index contributed by atoms with van der Waals surface area (Å²) in [5, 5.41) is 0. The predicted octanol–water partition coefficient (Wildman–Crippen LogP) is 12.2. The van der Waals surface area contributed by atoms with Crippen molar-refractivity contribution in [2.45, 2.75) is 134 Å². The molecule has 2 aliphatic carbocycles. The summed E-state index contributed by atoms with van der Waals surface area (Å²) in [6.45, 7) is 4.58. The number of carbonyl (C=O) groups excluding carboxylic acids is 2. The van der Waals surface area contributed by atoms with Gasteiger partial charge in [-0.1, -0.05) is 132 Å². The molecule has 3 aromatic carbocycles. The third-order valence-corrected chi connectivity index (χ3v) is 11.3. The molecule has 3 nitrogen and oxygen atoms in total. The van der Waals surface area contributed by atoms with Crippen LogP contribution in [0.4, 0.5) is 0 Å². The van der Waals surface area contributed by atoms with E-state index in [4.69, 9.17) is 4.74 Å². The Labute approximate surface area is 284 Å². The van der Waals surface area contributed by atoms with Gasteiger partial charge in [0.15, 0.2) is 5.78 Å². The van der Waals surface area contributed by atoms with Crippen molar-refractivity contribution in [3.05, 3.63) is 107 Å². The second kappa shape index (κ2) is 18.4. The average molecular weight is 635 g/mol. The summed E-state index contributed by atoms with van der Waals surface area (Å²) in [6.07, 6.45) is 21.0. The summed E-state index contributed by atoms with van der Waals surface area (Å²) in [5.41, 5.74) is 4.77. The topological polar surface area (TPSA) is 43.4 Å². The van der Waals surface area contributed by atoms with Crippen LogP contribution in [0.25, 0.3) is 0 Å². The zero-order valence-corrected chi connectivity index (χ0v) is 29.1. The van der Waals surface area contributed by atoms with Crippen LogP contribution in [0.15, 0.2) is 78.9 Å². The van der Waals surface area contributed by atoms with Gasteiger partial charge >= 0.3 is 5.97 Å². The summed E-state index contributed by atoms with van der Waals surface area (Å²) in [4.78, 5) is 27.1. The molecule has 252 valence electrons. The van der Waals surface area contributed by atoms with Gasteiger partial charge in [-0.3, -0.25) is 4.79 Å². The summed E-state index contributed by atoms with van der Waals surface area (Å²) in [6, 6.07) is 26.1. The molecule has 3 aromatic rings. The van der Waals surface area contributed by atoms with E-state index < -0.39 is 5.92 Å². The Morgan fingerprint density at radius 2 is 1.06 bits per heavy atom. The van der Waals surface area contributed by atoms with Crippen molar-refractivity contribution in [3.8, 4) is 0 Å². The van der Waals surface area contributed by atoms with Crippen molar-refractivity contribution in [2.75, 3.05) is 6.61 Å². The van der Waals surface area contributed by atoms with Crippen molar-refractivity contribution in [2.24, 2.45) is 11.8 Å². The molecule has 0 saturated heterocycles. The second-order valence-corrected chi connectivity index (χ2v) is 14.6. The maximum atomic E-state index is 13.9. The van der Waals surface area contributed by atoms with Crippen molar-refractivity contribution in [1.82, 2.24) is 0 Å². The number of rotatable bonds is 16. The fraction of sp³-hybridized carbons (Fsp3) is 0.545. The Balaban J connectivity index is 1.15. The van der Waals surface area contributed by atoms with E-state index in [2.05, 4.69) is 38.1 Å². The van der Waals surface area contributed by atoms with Crippen LogP contribution in [0.3, 0.4) is 0 Å². The number of esters is 1. The SMILES string of the molecule is CCCCCC1CCC(c2ccc(C(=O)OCC(C(=O)c3ccc(C4CCC(CCCCC)CC4)cc3)c3ccccc3)cc2)CC1. The van der Waals surface area contributed by atoms with E-state index in [1.165, 1.54) is 114 Å². The molecule has 3 heteroatoms. The lowest BCUT2D eigenvalue weighted by Crippen LogP contribution is -2.21. The van der Waals surface area contributed by atoms with E-state index in [9.17, 15) is 9.59 Å². The van der Waals surface area contributed by atoms with Crippen LogP contribution < -0.4 is 0 Å². The fourth-order valence-corrected chi connectivity index (χ4v) is 8.20. The van der Waals surface area contributed by atoms with Crippen LogP contribution in [-0.4, -0.2) is 18.4 Å². The van der Waals surface area contributed by atoms with E-state index in [0.29, 0.717) is 23.0 Å². The van der Waals surface area contributed by atoms with Crippen LogP contribution in [-0.2, 0) is 4.74 Å². The minimum atomic E-state index is -0.545. The first-order valence-electron chi connectivity index (χ1n) is 19.0. The number of hydrogen-bond acceptors (Lipinski definition) is 3. The van der Waals surface area contributed by atoms with Gasteiger partial charge in [-0.2, -0.15) is 0 Å². The maximum Gasteiger partial charge on any atom is 0.338 e. The van der Waals surface area contributed by atoms with Gasteiger partial charge in [0.05, 0.1) is 11.5 Å². The van der Waals surface area contributed by atoms with Crippen LogP contribution in [0, 0.1) is 11.8 Å². The molecule has 0 N–H and O–H groups in total. The van der Waals surface area contributed by atoms with Crippen molar-refractivity contribution in [3.63, 3.8) is 0 Å². The number of ether oxygens (including phenoxy) is 1. The van der Waals surface area contributed by atoms with E-state index in [1.807, 2.05) is 54.6 Å². The molecule has 2 aliphatic rings. The number of benzene rings is 3. The zero-order chi connectivity index (χ0) is 32.8. The summed E-state index contributed by atoms with van der Waals surface area (Å²) in [5.74, 6) is 2.02. The Morgan fingerprint density at radius 1 is 0.596 bits per heavy atom. The number of ketones is 1. The third-order valence-electron chi connectivity index (χ3n) is 11.3. The first-order chi connectivity index (χ1) is 23.1. The molecule has 0 radical (unpaired) electrons. The molecular weight excluding hydrogens is 576 g/mol. The molecule has 0 bridgehead atoms. The molecule has 1 unspecified atom stereocenters. The van der Waals surface area contributed by atoms with Gasteiger partial charge in [-0.05, 0) is 104 Å². The maximum absolute atomic E-state index is 13.9. The molecule has 0 spiro atoms. The number of carbonyl (C=O) groups is 2. The van der Waals surface area contributed by atoms with Crippen LogP contribution >= 0.6 is 0 Å². The number of Topliss-reactive ketones (excluding diaryl/α,β-unsaturated/α-hetero) is 1. The van der Waals surface area contributed by atoms with Crippen molar-refractivity contribution >= 4 is 11.8 Å². The van der Waals surface area contributed by atoms with E-state index in [-0.39, 0.29) is 18.4 Å². The normalized spacial score (nSPS) is 22.0. The molecule has 0 heterocycles.